The highest BCUT2D eigenvalue weighted by atomic mass is 19.1. The summed E-state index contributed by atoms with van der Waals surface area (Å²) in [5.41, 5.74) is 5.95. The number of hydrogen-bond acceptors (Lipinski definition) is 7. The van der Waals surface area contributed by atoms with E-state index in [0.717, 1.165) is 6.07 Å². The van der Waals surface area contributed by atoms with Crippen molar-refractivity contribution in [2.75, 3.05) is 49.2 Å². The van der Waals surface area contributed by atoms with E-state index >= 15 is 0 Å². The highest BCUT2D eigenvalue weighted by Crippen LogP contribution is 2.28. The maximum atomic E-state index is 14.7. The van der Waals surface area contributed by atoms with Crippen molar-refractivity contribution in [1.29, 1.82) is 0 Å². The number of hydrogen-bond donors (Lipinski definition) is 3. The van der Waals surface area contributed by atoms with E-state index in [4.69, 9.17) is 15.2 Å². The number of phenols is 1. The van der Waals surface area contributed by atoms with Crippen LogP contribution < -0.4 is 20.9 Å². The zero-order chi connectivity index (χ0) is 23.5. The van der Waals surface area contributed by atoms with Crippen LogP contribution in [0.15, 0.2) is 36.4 Å². The summed E-state index contributed by atoms with van der Waals surface area (Å²) in [5.74, 6) is -2.20. The third kappa shape index (κ3) is 4.82. The van der Waals surface area contributed by atoms with E-state index in [-0.39, 0.29) is 24.2 Å². The lowest BCUT2D eigenvalue weighted by Crippen LogP contribution is -2.37. The number of nitrogens with zero attached hydrogens (tertiary/aromatic N) is 2. The Hall–Kier alpha value is -3.86. The van der Waals surface area contributed by atoms with Gasteiger partial charge in [-0.25, -0.2) is 9.18 Å². The van der Waals surface area contributed by atoms with Crippen molar-refractivity contribution in [1.82, 2.24) is 5.32 Å². The number of aromatic hydroxyl groups is 1. The molecule has 0 radical (unpaired) electrons. The van der Waals surface area contributed by atoms with E-state index in [1.54, 1.807) is 12.1 Å². The Morgan fingerprint density at radius 2 is 1.94 bits per heavy atom. The van der Waals surface area contributed by atoms with E-state index < -0.39 is 35.6 Å². The predicted molar refractivity (Wildman–Crippen MR) is 116 cm³/mol. The molecular formula is C22H23FN4O6. The first kappa shape index (κ1) is 22.3. The summed E-state index contributed by atoms with van der Waals surface area (Å²) in [7, 11) is 0. The molecule has 11 heteroatoms. The maximum absolute atomic E-state index is 14.7. The second-order valence-corrected chi connectivity index (χ2v) is 7.66. The fourth-order valence-corrected chi connectivity index (χ4v) is 3.75. The first-order valence-corrected chi connectivity index (χ1v) is 10.3. The molecule has 0 saturated carbocycles. The van der Waals surface area contributed by atoms with Gasteiger partial charge in [-0.2, -0.15) is 0 Å². The number of primary amides is 1. The van der Waals surface area contributed by atoms with Crippen molar-refractivity contribution in [2.24, 2.45) is 5.73 Å². The average molecular weight is 458 g/mol. The number of benzene rings is 2. The smallest absolute Gasteiger partial charge is 0.414 e. The van der Waals surface area contributed by atoms with Crippen molar-refractivity contribution in [3.63, 3.8) is 0 Å². The van der Waals surface area contributed by atoms with Gasteiger partial charge in [0, 0.05) is 18.7 Å². The molecule has 0 aliphatic carbocycles. The summed E-state index contributed by atoms with van der Waals surface area (Å²) in [6.45, 7) is 2.37. The van der Waals surface area contributed by atoms with Gasteiger partial charge in [-0.05, 0) is 36.4 Å². The Balaban J connectivity index is 1.36. The van der Waals surface area contributed by atoms with Crippen LogP contribution in [0.4, 0.5) is 20.6 Å². The van der Waals surface area contributed by atoms with E-state index in [1.165, 1.54) is 23.1 Å². The topological polar surface area (TPSA) is 134 Å². The van der Waals surface area contributed by atoms with Gasteiger partial charge in [-0.3, -0.25) is 14.5 Å². The lowest BCUT2D eigenvalue weighted by molar-refractivity contribution is 0.0914. The van der Waals surface area contributed by atoms with Crippen LogP contribution in [0, 0.1) is 5.82 Å². The molecule has 2 fully saturated rings. The number of carbonyl (C=O) groups is 3. The first-order chi connectivity index (χ1) is 15.8. The minimum atomic E-state index is -0.813. The molecular weight excluding hydrogens is 435 g/mol. The highest BCUT2D eigenvalue weighted by Gasteiger charge is 2.33. The van der Waals surface area contributed by atoms with Crippen molar-refractivity contribution in [2.45, 2.75) is 6.10 Å². The summed E-state index contributed by atoms with van der Waals surface area (Å²) in [4.78, 5) is 39.0. The van der Waals surface area contributed by atoms with Crippen LogP contribution in [0.2, 0.25) is 0 Å². The first-order valence-electron chi connectivity index (χ1n) is 10.3. The number of amides is 3. The summed E-state index contributed by atoms with van der Waals surface area (Å²) < 4.78 is 25.3. The number of anilines is 2. The Kier molecular flexibility index (Phi) is 6.31. The molecule has 174 valence electrons. The fraction of sp³-hybridized carbons (Fsp3) is 0.318. The van der Waals surface area contributed by atoms with Gasteiger partial charge in [0.2, 0.25) is 0 Å². The predicted octanol–water partition coefficient (Wildman–Crippen LogP) is 1.22. The number of halogens is 1. The van der Waals surface area contributed by atoms with Gasteiger partial charge in [0.05, 0.1) is 43.2 Å². The lowest BCUT2D eigenvalue weighted by atomic mass is 10.1. The van der Waals surface area contributed by atoms with Crippen LogP contribution in [-0.2, 0) is 9.47 Å². The average Bonchev–Trinajstić information content (AvgIpc) is 3.18. The molecule has 2 aromatic rings. The maximum Gasteiger partial charge on any atom is 0.414 e. The molecule has 0 aromatic heterocycles. The van der Waals surface area contributed by atoms with Crippen molar-refractivity contribution < 1.29 is 33.4 Å². The number of morpholine rings is 1. The minimum Gasteiger partial charge on any atom is -0.507 e. The van der Waals surface area contributed by atoms with Crippen LogP contribution in [0.1, 0.15) is 20.7 Å². The standard InChI is InChI=1S/C22H23FN4O6/c23-17-10-14(2-4-18(17)26-5-7-32-8-6-26)27-12-15(33-22(27)31)11-25-21(30)13-1-3-16(20(24)29)19(28)9-13/h1-4,9-10,15,28H,5-8,11-12H2,(H2,24,29)(H,25,30). The molecule has 4 N–H and O–H groups in total. The van der Waals surface area contributed by atoms with Gasteiger partial charge in [0.1, 0.15) is 17.7 Å². The molecule has 2 heterocycles. The molecule has 2 aliphatic rings. The zero-order valence-electron chi connectivity index (χ0n) is 17.6. The van der Waals surface area contributed by atoms with E-state index in [9.17, 15) is 23.9 Å². The molecule has 33 heavy (non-hydrogen) atoms. The number of rotatable bonds is 6. The van der Waals surface area contributed by atoms with Crippen LogP contribution >= 0.6 is 0 Å². The third-order valence-corrected chi connectivity index (χ3v) is 5.48. The number of ether oxygens (including phenoxy) is 2. The summed E-state index contributed by atoms with van der Waals surface area (Å²) in [6.07, 6.45) is -1.29. The molecule has 4 rings (SSSR count). The van der Waals surface area contributed by atoms with Crippen LogP contribution in [0.25, 0.3) is 0 Å². The molecule has 0 spiro atoms. The van der Waals surface area contributed by atoms with Crippen molar-refractivity contribution >= 4 is 29.3 Å². The second kappa shape index (κ2) is 9.33. The molecule has 3 amide bonds. The van der Waals surface area contributed by atoms with E-state index in [1.807, 2.05) is 4.90 Å². The van der Waals surface area contributed by atoms with Gasteiger partial charge in [0.15, 0.2) is 0 Å². The molecule has 10 nitrogen and oxygen atoms in total. The van der Waals surface area contributed by atoms with Crippen molar-refractivity contribution in [3.8, 4) is 5.75 Å². The third-order valence-electron chi connectivity index (χ3n) is 5.48. The van der Waals surface area contributed by atoms with Gasteiger partial charge in [0.25, 0.3) is 11.8 Å². The number of cyclic esters (lactones) is 1. The summed E-state index contributed by atoms with van der Waals surface area (Å²) >= 11 is 0. The Morgan fingerprint density at radius 3 is 2.61 bits per heavy atom. The van der Waals surface area contributed by atoms with Crippen LogP contribution in [-0.4, -0.2) is 68.5 Å². The van der Waals surface area contributed by atoms with Gasteiger partial charge < -0.3 is 30.5 Å². The molecule has 1 unspecified atom stereocenters. The molecule has 1 atom stereocenters. The van der Waals surface area contributed by atoms with E-state index in [2.05, 4.69) is 5.32 Å². The molecule has 2 aliphatic heterocycles. The fourth-order valence-electron chi connectivity index (χ4n) is 3.75. The largest absolute Gasteiger partial charge is 0.507 e. The van der Waals surface area contributed by atoms with Crippen LogP contribution in [0.3, 0.4) is 0 Å². The highest BCUT2D eigenvalue weighted by molar-refractivity contribution is 5.99. The minimum absolute atomic E-state index is 0.00769. The van der Waals surface area contributed by atoms with E-state index in [0.29, 0.717) is 37.7 Å². The molecule has 0 bridgehead atoms. The summed E-state index contributed by atoms with van der Waals surface area (Å²) in [5, 5.41) is 12.4. The van der Waals surface area contributed by atoms with Gasteiger partial charge in [-0.1, -0.05) is 0 Å². The second-order valence-electron chi connectivity index (χ2n) is 7.66. The molecule has 2 aromatic carbocycles. The quantitative estimate of drug-likeness (QED) is 0.593. The van der Waals surface area contributed by atoms with Gasteiger partial charge in [-0.15, -0.1) is 0 Å². The lowest BCUT2D eigenvalue weighted by Gasteiger charge is -2.29. The Bertz CT molecular complexity index is 1090. The van der Waals surface area contributed by atoms with Crippen LogP contribution in [0.5, 0.6) is 5.75 Å². The molecule has 2 saturated heterocycles. The monoisotopic (exact) mass is 458 g/mol. The SMILES string of the molecule is NC(=O)c1ccc(C(=O)NCC2CN(c3ccc(N4CCOCC4)c(F)c3)C(=O)O2)cc1O. The summed E-state index contributed by atoms with van der Waals surface area (Å²) in [6, 6.07) is 8.29. The zero-order valence-corrected chi connectivity index (χ0v) is 17.6. The Labute approximate surface area is 188 Å². The Morgan fingerprint density at radius 1 is 1.18 bits per heavy atom. The normalized spacial score (nSPS) is 18.2. The van der Waals surface area contributed by atoms with Gasteiger partial charge >= 0.3 is 6.09 Å². The number of carbonyl (C=O) groups excluding carboxylic acids is 3. The number of nitrogens with one attached hydrogen (secondary N) is 1. The van der Waals surface area contributed by atoms with Crippen molar-refractivity contribution in [3.05, 3.63) is 53.3 Å². The number of nitrogens with two attached hydrogens (primary N) is 1.